The molecule has 0 aliphatic carbocycles. The van der Waals surface area contributed by atoms with Crippen LogP contribution in [-0.4, -0.2) is 48.9 Å². The molecule has 35 heavy (non-hydrogen) atoms. The number of hydrogen-bond acceptors (Lipinski definition) is 5. The summed E-state index contributed by atoms with van der Waals surface area (Å²) in [4.78, 5) is 34.7. The van der Waals surface area contributed by atoms with Gasteiger partial charge in [0.05, 0.1) is 17.2 Å². The molecule has 7 nitrogen and oxygen atoms in total. The Morgan fingerprint density at radius 1 is 1.17 bits per heavy atom. The highest BCUT2D eigenvalue weighted by molar-refractivity contribution is 6.34. The monoisotopic (exact) mass is 493 g/mol. The Balaban J connectivity index is 2.10. The molecule has 3 aromatic rings. The predicted octanol–water partition coefficient (Wildman–Crippen LogP) is 5.59. The van der Waals surface area contributed by atoms with Crippen molar-refractivity contribution in [3.05, 3.63) is 76.1 Å². The highest BCUT2D eigenvalue weighted by atomic mass is 35.5. The van der Waals surface area contributed by atoms with Crippen LogP contribution in [-0.2, 0) is 4.79 Å². The largest absolute Gasteiger partial charge is 0.493 e. The van der Waals surface area contributed by atoms with Gasteiger partial charge in [-0.15, -0.1) is 0 Å². The maximum atomic E-state index is 13.7. The molecule has 0 fully saturated rings. The number of halogens is 1. The van der Waals surface area contributed by atoms with E-state index < -0.39 is 5.97 Å². The number of hydrogen-bond donors (Lipinski definition) is 1. The summed E-state index contributed by atoms with van der Waals surface area (Å²) in [7, 11) is 3.39. The first-order valence-electron chi connectivity index (χ1n) is 11.1. The fourth-order valence-electron chi connectivity index (χ4n) is 3.74. The number of aliphatic imine (C=N–C) groups is 1. The van der Waals surface area contributed by atoms with Gasteiger partial charge in [-0.1, -0.05) is 29.8 Å². The van der Waals surface area contributed by atoms with E-state index in [1.807, 2.05) is 44.2 Å². The van der Waals surface area contributed by atoms with Crippen LogP contribution in [0.5, 0.6) is 5.75 Å². The Morgan fingerprint density at radius 3 is 2.60 bits per heavy atom. The van der Waals surface area contributed by atoms with E-state index in [1.54, 1.807) is 43.5 Å². The van der Waals surface area contributed by atoms with Gasteiger partial charge >= 0.3 is 5.97 Å². The van der Waals surface area contributed by atoms with Crippen LogP contribution < -0.4 is 9.64 Å². The van der Waals surface area contributed by atoms with Gasteiger partial charge < -0.3 is 14.7 Å². The van der Waals surface area contributed by atoms with Crippen LogP contribution in [0.25, 0.3) is 11.1 Å². The number of aliphatic carboxylic acids is 1. The molecular formula is C27H28ClN3O4. The van der Waals surface area contributed by atoms with E-state index >= 15 is 0 Å². The third-order valence-electron chi connectivity index (χ3n) is 5.50. The number of carboxylic acids is 1. The van der Waals surface area contributed by atoms with Gasteiger partial charge in [0.1, 0.15) is 5.75 Å². The van der Waals surface area contributed by atoms with E-state index in [9.17, 15) is 9.59 Å². The third-order valence-corrected chi connectivity index (χ3v) is 5.82. The summed E-state index contributed by atoms with van der Waals surface area (Å²) in [5.41, 5.74) is 5.03. The van der Waals surface area contributed by atoms with Crippen LogP contribution in [0.4, 0.5) is 5.69 Å². The zero-order valence-corrected chi connectivity index (χ0v) is 21.0. The van der Waals surface area contributed by atoms with Crippen LogP contribution in [0.2, 0.25) is 5.02 Å². The number of carbonyl (C=O) groups is 2. The van der Waals surface area contributed by atoms with E-state index in [0.29, 0.717) is 28.3 Å². The number of carboxylic acid groups (broad SMARTS) is 1. The Morgan fingerprint density at radius 2 is 1.91 bits per heavy atom. The number of rotatable bonds is 9. The molecule has 0 bridgehead atoms. The molecule has 0 spiro atoms. The number of amides is 1. The summed E-state index contributed by atoms with van der Waals surface area (Å²) in [6.07, 6.45) is 3.69. The predicted molar refractivity (Wildman–Crippen MR) is 139 cm³/mol. The third kappa shape index (κ3) is 6.25. The van der Waals surface area contributed by atoms with Crippen molar-refractivity contribution in [3.8, 4) is 16.9 Å². The number of aromatic nitrogens is 1. The Labute approximate surface area is 210 Å². The first-order valence-corrected chi connectivity index (χ1v) is 11.5. The Bertz CT molecular complexity index is 1270. The topological polar surface area (TPSA) is 92.1 Å². The molecule has 0 radical (unpaired) electrons. The molecule has 1 N–H and O–H groups in total. The first-order chi connectivity index (χ1) is 16.7. The zero-order chi connectivity index (χ0) is 25.5. The lowest BCUT2D eigenvalue weighted by atomic mass is 9.98. The maximum Gasteiger partial charge on any atom is 0.303 e. The van der Waals surface area contributed by atoms with Gasteiger partial charge in [0, 0.05) is 67.1 Å². The van der Waals surface area contributed by atoms with E-state index in [2.05, 4.69) is 9.98 Å². The Kier molecular flexibility index (Phi) is 8.60. The van der Waals surface area contributed by atoms with Crippen LogP contribution in [0.1, 0.15) is 40.0 Å². The fraction of sp³-hybridized carbons (Fsp3) is 0.259. The molecule has 0 saturated heterocycles. The number of carbonyl (C=O) groups excluding carboxylic acids is 1. The minimum absolute atomic E-state index is 0.0348. The van der Waals surface area contributed by atoms with Gasteiger partial charge in [-0.3, -0.25) is 19.6 Å². The van der Waals surface area contributed by atoms with Gasteiger partial charge in [0.15, 0.2) is 0 Å². The molecular weight excluding hydrogens is 466 g/mol. The maximum absolute atomic E-state index is 13.7. The second-order valence-corrected chi connectivity index (χ2v) is 8.53. The lowest BCUT2D eigenvalue weighted by Crippen LogP contribution is -2.27. The first kappa shape index (κ1) is 25.9. The minimum atomic E-state index is -0.908. The summed E-state index contributed by atoms with van der Waals surface area (Å²) in [6.45, 7) is 3.96. The molecule has 0 saturated carbocycles. The summed E-state index contributed by atoms with van der Waals surface area (Å²) in [5, 5.41) is 9.30. The van der Waals surface area contributed by atoms with Gasteiger partial charge in [-0.05, 0) is 44.0 Å². The molecule has 8 heteroatoms. The van der Waals surface area contributed by atoms with E-state index in [0.717, 1.165) is 28.1 Å². The number of para-hydroxylation sites is 1. The molecule has 1 heterocycles. The van der Waals surface area contributed by atoms with Crippen molar-refractivity contribution in [1.82, 2.24) is 4.98 Å². The fourth-order valence-corrected chi connectivity index (χ4v) is 3.99. The lowest BCUT2D eigenvalue weighted by molar-refractivity contribution is -0.137. The normalized spacial score (nSPS) is 11.0. The van der Waals surface area contributed by atoms with Gasteiger partial charge in [-0.2, -0.15) is 0 Å². The summed E-state index contributed by atoms with van der Waals surface area (Å²) < 4.78 is 5.86. The summed E-state index contributed by atoms with van der Waals surface area (Å²) >= 11 is 6.67. The van der Waals surface area contributed by atoms with Gasteiger partial charge in [0.25, 0.3) is 5.91 Å². The Hall–Kier alpha value is -3.71. The standard InChI is InChI=1S/C27H28ClN3O4/c1-17-8-5-6-9-24(17)31(4)27(34)21-13-20(22-16-30-18(2)12-19(22)15-29-3)23(28)14-25(21)35-11-7-10-26(32)33/h5-6,8-9,12-16H,7,10-11H2,1-4H3,(H,32,33). The van der Waals surface area contributed by atoms with Crippen molar-refractivity contribution in [2.75, 3.05) is 25.6 Å². The molecule has 0 aliphatic heterocycles. The van der Waals surface area contributed by atoms with Crippen molar-refractivity contribution in [3.63, 3.8) is 0 Å². The molecule has 1 aromatic heterocycles. The minimum Gasteiger partial charge on any atom is -0.493 e. The molecule has 0 unspecified atom stereocenters. The zero-order valence-electron chi connectivity index (χ0n) is 20.2. The van der Waals surface area contributed by atoms with Crippen LogP contribution in [0, 0.1) is 13.8 Å². The highest BCUT2D eigenvalue weighted by Crippen LogP contribution is 2.37. The molecule has 182 valence electrons. The average Bonchev–Trinajstić information content (AvgIpc) is 2.82. The van der Waals surface area contributed by atoms with Crippen molar-refractivity contribution in [2.24, 2.45) is 4.99 Å². The van der Waals surface area contributed by atoms with Crippen molar-refractivity contribution < 1.29 is 19.4 Å². The van der Waals surface area contributed by atoms with Crippen LogP contribution in [0.3, 0.4) is 0 Å². The average molecular weight is 494 g/mol. The van der Waals surface area contributed by atoms with Crippen molar-refractivity contribution in [1.29, 1.82) is 0 Å². The SMILES string of the molecule is CN=Cc1cc(C)ncc1-c1cc(C(=O)N(C)c2ccccc2C)c(OCCCC(=O)O)cc1Cl. The van der Waals surface area contributed by atoms with Gasteiger partial charge in [-0.25, -0.2) is 0 Å². The number of ether oxygens (including phenoxy) is 1. The molecule has 0 atom stereocenters. The second-order valence-electron chi connectivity index (χ2n) is 8.12. The number of anilines is 1. The highest BCUT2D eigenvalue weighted by Gasteiger charge is 2.23. The van der Waals surface area contributed by atoms with E-state index in [1.165, 1.54) is 0 Å². The smallest absolute Gasteiger partial charge is 0.303 e. The number of benzene rings is 2. The van der Waals surface area contributed by atoms with Crippen LogP contribution >= 0.6 is 11.6 Å². The van der Waals surface area contributed by atoms with E-state index in [-0.39, 0.29) is 18.9 Å². The van der Waals surface area contributed by atoms with Crippen LogP contribution in [0.15, 0.2) is 53.7 Å². The quantitative estimate of drug-likeness (QED) is 0.310. The molecule has 0 aliphatic rings. The van der Waals surface area contributed by atoms with Crippen molar-refractivity contribution >= 4 is 35.4 Å². The second kappa shape index (κ2) is 11.6. The number of aryl methyl sites for hydroxylation is 2. The lowest BCUT2D eigenvalue weighted by Gasteiger charge is -2.22. The summed E-state index contributed by atoms with van der Waals surface area (Å²) in [6, 6.07) is 12.8. The number of pyridine rings is 1. The number of nitrogens with zero attached hydrogens (tertiary/aromatic N) is 3. The van der Waals surface area contributed by atoms with Gasteiger partial charge in [0.2, 0.25) is 0 Å². The molecule has 3 rings (SSSR count). The molecule has 1 amide bonds. The van der Waals surface area contributed by atoms with Crippen molar-refractivity contribution in [2.45, 2.75) is 26.7 Å². The van der Waals surface area contributed by atoms with E-state index in [4.69, 9.17) is 21.4 Å². The summed E-state index contributed by atoms with van der Waals surface area (Å²) in [5.74, 6) is -0.897. The molecule has 2 aromatic carbocycles.